The van der Waals surface area contributed by atoms with Gasteiger partial charge in [-0.05, 0) is 49.9 Å². The van der Waals surface area contributed by atoms with E-state index in [2.05, 4.69) is 11.8 Å². The van der Waals surface area contributed by atoms with E-state index < -0.39 is 6.10 Å². The van der Waals surface area contributed by atoms with Gasteiger partial charge in [-0.25, -0.2) is 4.39 Å². The molecule has 0 amide bonds. The summed E-state index contributed by atoms with van der Waals surface area (Å²) in [5.41, 5.74) is 0.812. The molecule has 2 nitrogen and oxygen atoms in total. The third-order valence-electron chi connectivity index (χ3n) is 4.16. The van der Waals surface area contributed by atoms with E-state index in [1.54, 1.807) is 12.1 Å². The lowest BCUT2D eigenvalue weighted by Gasteiger charge is -2.35. The van der Waals surface area contributed by atoms with Crippen molar-refractivity contribution in [2.45, 2.75) is 51.2 Å². The minimum absolute atomic E-state index is 0.252. The molecule has 1 heterocycles. The van der Waals surface area contributed by atoms with Crippen LogP contribution >= 0.6 is 0 Å². The number of rotatable bonds is 5. The first kappa shape index (κ1) is 14.5. The van der Waals surface area contributed by atoms with E-state index >= 15 is 0 Å². The van der Waals surface area contributed by atoms with Gasteiger partial charge >= 0.3 is 0 Å². The Morgan fingerprint density at radius 2 is 2.05 bits per heavy atom. The first-order valence-electron chi connectivity index (χ1n) is 7.38. The molecular weight excluding hydrogens is 241 g/mol. The van der Waals surface area contributed by atoms with Crippen LogP contribution in [-0.4, -0.2) is 29.1 Å². The summed E-state index contributed by atoms with van der Waals surface area (Å²) in [5, 5.41) is 10.2. The van der Waals surface area contributed by atoms with Gasteiger partial charge in [0.2, 0.25) is 0 Å². The molecule has 106 valence electrons. The molecule has 1 aromatic carbocycles. The Balaban J connectivity index is 1.85. The predicted molar refractivity (Wildman–Crippen MR) is 75.5 cm³/mol. The third kappa shape index (κ3) is 4.02. The molecule has 1 aliphatic heterocycles. The molecule has 1 saturated heterocycles. The highest BCUT2D eigenvalue weighted by Crippen LogP contribution is 2.22. The van der Waals surface area contributed by atoms with Gasteiger partial charge in [0.25, 0.3) is 0 Å². The van der Waals surface area contributed by atoms with Crippen LogP contribution in [0.4, 0.5) is 4.39 Å². The molecule has 0 radical (unpaired) electrons. The van der Waals surface area contributed by atoms with Crippen LogP contribution in [0.1, 0.15) is 50.7 Å². The molecule has 2 rings (SSSR count). The second-order valence-electron chi connectivity index (χ2n) is 5.45. The van der Waals surface area contributed by atoms with Crippen molar-refractivity contribution in [3.05, 3.63) is 35.6 Å². The Morgan fingerprint density at radius 3 is 2.74 bits per heavy atom. The molecular formula is C16H24FNO. The highest BCUT2D eigenvalue weighted by atomic mass is 19.1. The molecule has 2 atom stereocenters. The highest BCUT2D eigenvalue weighted by molar-refractivity contribution is 5.18. The number of aliphatic hydroxyl groups is 1. The van der Waals surface area contributed by atoms with Gasteiger partial charge in [-0.1, -0.05) is 25.5 Å². The molecule has 2 unspecified atom stereocenters. The SMILES string of the molecule is CCC1CCCCN1CCC(O)c1ccc(F)cc1. The maximum absolute atomic E-state index is 12.8. The van der Waals surface area contributed by atoms with E-state index in [9.17, 15) is 9.50 Å². The van der Waals surface area contributed by atoms with E-state index in [0.717, 1.165) is 25.1 Å². The van der Waals surface area contributed by atoms with Crippen molar-refractivity contribution >= 4 is 0 Å². The Bertz CT molecular complexity index is 379. The van der Waals surface area contributed by atoms with Crippen LogP contribution in [0.3, 0.4) is 0 Å². The lowest BCUT2D eigenvalue weighted by atomic mass is 9.99. The second kappa shape index (κ2) is 7.01. The quantitative estimate of drug-likeness (QED) is 0.880. The number of piperidine rings is 1. The molecule has 0 spiro atoms. The number of halogens is 1. The van der Waals surface area contributed by atoms with Crippen molar-refractivity contribution in [1.82, 2.24) is 4.90 Å². The van der Waals surface area contributed by atoms with Gasteiger partial charge in [-0.15, -0.1) is 0 Å². The third-order valence-corrected chi connectivity index (χ3v) is 4.16. The van der Waals surface area contributed by atoms with Gasteiger partial charge in [0.1, 0.15) is 5.82 Å². The van der Waals surface area contributed by atoms with Crippen LogP contribution in [0, 0.1) is 5.82 Å². The predicted octanol–water partition coefficient (Wildman–Crippen LogP) is 3.51. The van der Waals surface area contributed by atoms with Crippen LogP contribution in [0.2, 0.25) is 0 Å². The minimum Gasteiger partial charge on any atom is -0.388 e. The summed E-state index contributed by atoms with van der Waals surface area (Å²) in [4.78, 5) is 2.50. The average Bonchev–Trinajstić information content (AvgIpc) is 2.45. The summed E-state index contributed by atoms with van der Waals surface area (Å²) in [6, 6.07) is 6.85. The van der Waals surface area contributed by atoms with Gasteiger partial charge < -0.3 is 10.0 Å². The van der Waals surface area contributed by atoms with Crippen LogP contribution in [-0.2, 0) is 0 Å². The molecule has 1 fully saturated rings. The molecule has 0 aliphatic carbocycles. The fourth-order valence-corrected chi connectivity index (χ4v) is 2.96. The van der Waals surface area contributed by atoms with E-state index in [4.69, 9.17) is 0 Å². The summed E-state index contributed by atoms with van der Waals surface area (Å²) < 4.78 is 12.8. The maximum atomic E-state index is 12.8. The Morgan fingerprint density at radius 1 is 1.32 bits per heavy atom. The summed E-state index contributed by atoms with van der Waals surface area (Å²) in [6.07, 6.45) is 5.30. The van der Waals surface area contributed by atoms with E-state index in [1.807, 2.05) is 0 Å². The molecule has 0 bridgehead atoms. The van der Waals surface area contributed by atoms with Gasteiger partial charge in [0.05, 0.1) is 6.10 Å². The maximum Gasteiger partial charge on any atom is 0.123 e. The Hall–Kier alpha value is -0.930. The Kier molecular flexibility index (Phi) is 5.34. The molecule has 3 heteroatoms. The number of aliphatic hydroxyl groups excluding tert-OH is 1. The summed E-state index contributed by atoms with van der Waals surface area (Å²) >= 11 is 0. The van der Waals surface area contributed by atoms with E-state index in [1.165, 1.54) is 37.8 Å². The second-order valence-corrected chi connectivity index (χ2v) is 5.45. The van der Waals surface area contributed by atoms with Gasteiger partial charge in [-0.2, -0.15) is 0 Å². The van der Waals surface area contributed by atoms with Gasteiger partial charge in [-0.3, -0.25) is 0 Å². The van der Waals surface area contributed by atoms with Crippen molar-refractivity contribution in [1.29, 1.82) is 0 Å². The standard InChI is InChI=1S/C16H24FNO/c1-2-15-5-3-4-11-18(15)12-10-16(19)13-6-8-14(17)9-7-13/h6-9,15-16,19H,2-5,10-12H2,1H3. The zero-order valence-electron chi connectivity index (χ0n) is 11.7. The fourth-order valence-electron chi connectivity index (χ4n) is 2.96. The van der Waals surface area contributed by atoms with Crippen molar-refractivity contribution in [2.24, 2.45) is 0 Å². The molecule has 19 heavy (non-hydrogen) atoms. The zero-order valence-corrected chi connectivity index (χ0v) is 11.7. The van der Waals surface area contributed by atoms with Crippen LogP contribution in [0.25, 0.3) is 0 Å². The fraction of sp³-hybridized carbons (Fsp3) is 0.625. The lowest BCUT2D eigenvalue weighted by Crippen LogP contribution is -2.40. The summed E-state index contributed by atoms with van der Waals surface area (Å²) in [6.45, 7) is 4.31. The number of benzene rings is 1. The smallest absolute Gasteiger partial charge is 0.123 e. The molecule has 0 aromatic heterocycles. The highest BCUT2D eigenvalue weighted by Gasteiger charge is 2.21. The Labute approximate surface area is 115 Å². The monoisotopic (exact) mass is 265 g/mol. The zero-order chi connectivity index (χ0) is 13.7. The van der Waals surface area contributed by atoms with Crippen molar-refractivity contribution in [3.63, 3.8) is 0 Å². The van der Waals surface area contributed by atoms with Gasteiger partial charge in [0, 0.05) is 12.6 Å². The minimum atomic E-state index is -0.486. The first-order chi connectivity index (χ1) is 9.20. The molecule has 1 N–H and O–H groups in total. The van der Waals surface area contributed by atoms with Crippen LogP contribution in [0.15, 0.2) is 24.3 Å². The van der Waals surface area contributed by atoms with Crippen molar-refractivity contribution in [2.75, 3.05) is 13.1 Å². The lowest BCUT2D eigenvalue weighted by molar-refractivity contribution is 0.101. The largest absolute Gasteiger partial charge is 0.388 e. The number of nitrogens with zero attached hydrogens (tertiary/aromatic N) is 1. The molecule has 0 saturated carbocycles. The number of hydrogen-bond acceptors (Lipinski definition) is 2. The van der Waals surface area contributed by atoms with Crippen LogP contribution in [0.5, 0.6) is 0 Å². The molecule has 1 aromatic rings. The van der Waals surface area contributed by atoms with Crippen LogP contribution < -0.4 is 0 Å². The van der Waals surface area contributed by atoms with Gasteiger partial charge in [0.15, 0.2) is 0 Å². The first-order valence-corrected chi connectivity index (χ1v) is 7.38. The topological polar surface area (TPSA) is 23.5 Å². The normalized spacial score (nSPS) is 22.4. The van der Waals surface area contributed by atoms with Crippen molar-refractivity contribution < 1.29 is 9.50 Å². The van der Waals surface area contributed by atoms with E-state index in [-0.39, 0.29) is 5.82 Å². The summed E-state index contributed by atoms with van der Waals surface area (Å²) in [7, 11) is 0. The van der Waals surface area contributed by atoms with Crippen molar-refractivity contribution in [3.8, 4) is 0 Å². The molecule has 1 aliphatic rings. The summed E-state index contributed by atoms with van der Waals surface area (Å²) in [5.74, 6) is -0.252. The average molecular weight is 265 g/mol. The number of likely N-dealkylation sites (tertiary alicyclic amines) is 1. The number of hydrogen-bond donors (Lipinski definition) is 1. The van der Waals surface area contributed by atoms with E-state index in [0.29, 0.717) is 6.04 Å².